The second-order valence-electron chi connectivity index (χ2n) is 2.71. The molecule has 1 saturated heterocycles. The predicted molar refractivity (Wildman–Crippen MR) is 33.7 cm³/mol. The van der Waals surface area contributed by atoms with E-state index in [-0.39, 0.29) is 0 Å². The minimum atomic E-state index is 0.730. The Bertz CT molecular complexity index is 118. The van der Waals surface area contributed by atoms with Crippen LogP contribution in [0.3, 0.4) is 0 Å². The first-order chi connectivity index (χ1) is 3.95. The van der Waals surface area contributed by atoms with Crippen molar-refractivity contribution in [2.45, 2.75) is 31.3 Å². The molecule has 0 unspecified atom stereocenters. The molecule has 0 radical (unpaired) electrons. The maximum atomic E-state index is 3.50. The molecule has 2 heterocycles. The van der Waals surface area contributed by atoms with Gasteiger partial charge < -0.3 is 5.32 Å². The molecule has 1 heteroatoms. The van der Waals surface area contributed by atoms with Crippen molar-refractivity contribution in [3.63, 3.8) is 0 Å². The van der Waals surface area contributed by atoms with Crippen LogP contribution in [0.1, 0.15) is 19.3 Å². The second-order valence-corrected chi connectivity index (χ2v) is 2.71. The van der Waals surface area contributed by atoms with E-state index < -0.39 is 0 Å². The standard InChI is InChI=1S/C7H11N/c1-2-6-4-5-7(3-1)8-6/h1-2,6-8H,3-5H2/t6-,7-/m0/s1. The van der Waals surface area contributed by atoms with Gasteiger partial charge in [-0.15, -0.1) is 0 Å². The van der Waals surface area contributed by atoms with Crippen LogP contribution >= 0.6 is 0 Å². The van der Waals surface area contributed by atoms with Gasteiger partial charge in [-0.1, -0.05) is 12.2 Å². The molecule has 2 aliphatic rings. The molecule has 0 saturated carbocycles. The molecule has 1 N–H and O–H groups in total. The van der Waals surface area contributed by atoms with Crippen LogP contribution in [0.4, 0.5) is 0 Å². The summed E-state index contributed by atoms with van der Waals surface area (Å²) in [6.07, 6.45) is 8.61. The highest BCUT2D eigenvalue weighted by atomic mass is 15.0. The maximum absolute atomic E-state index is 3.50. The van der Waals surface area contributed by atoms with Gasteiger partial charge in [-0.2, -0.15) is 0 Å². The van der Waals surface area contributed by atoms with Crippen molar-refractivity contribution >= 4 is 0 Å². The lowest BCUT2D eigenvalue weighted by molar-refractivity contribution is 0.566. The van der Waals surface area contributed by atoms with Gasteiger partial charge in [0.25, 0.3) is 0 Å². The molecule has 0 aromatic heterocycles. The Morgan fingerprint density at radius 2 is 2.38 bits per heavy atom. The first-order valence-electron chi connectivity index (χ1n) is 3.38. The second kappa shape index (κ2) is 1.59. The van der Waals surface area contributed by atoms with Gasteiger partial charge in [0.1, 0.15) is 0 Å². The van der Waals surface area contributed by atoms with Gasteiger partial charge >= 0.3 is 0 Å². The lowest BCUT2D eigenvalue weighted by Crippen LogP contribution is -2.30. The van der Waals surface area contributed by atoms with Gasteiger partial charge in [-0.3, -0.25) is 0 Å². The highest BCUT2D eigenvalue weighted by Crippen LogP contribution is 2.20. The third kappa shape index (κ3) is 0.583. The van der Waals surface area contributed by atoms with Gasteiger partial charge in [0.05, 0.1) is 0 Å². The molecule has 0 aromatic rings. The van der Waals surface area contributed by atoms with Crippen LogP contribution in [-0.4, -0.2) is 12.1 Å². The van der Waals surface area contributed by atoms with E-state index in [1.807, 2.05) is 0 Å². The molecule has 8 heavy (non-hydrogen) atoms. The van der Waals surface area contributed by atoms with Gasteiger partial charge in [0.2, 0.25) is 0 Å². The Balaban J connectivity index is 2.17. The monoisotopic (exact) mass is 109 g/mol. The van der Waals surface area contributed by atoms with Crippen molar-refractivity contribution < 1.29 is 0 Å². The quantitative estimate of drug-likeness (QED) is 0.459. The lowest BCUT2D eigenvalue weighted by atomic mass is 10.2. The molecule has 1 nitrogen and oxygen atoms in total. The molecule has 2 aliphatic heterocycles. The van der Waals surface area contributed by atoms with Crippen LogP contribution in [0.2, 0.25) is 0 Å². The van der Waals surface area contributed by atoms with Crippen LogP contribution in [0.5, 0.6) is 0 Å². The molecule has 44 valence electrons. The van der Waals surface area contributed by atoms with Crippen LogP contribution in [0.25, 0.3) is 0 Å². The third-order valence-electron chi connectivity index (χ3n) is 2.06. The smallest absolute Gasteiger partial charge is 0.0253 e. The summed E-state index contributed by atoms with van der Waals surface area (Å²) < 4.78 is 0. The number of hydrogen-bond acceptors (Lipinski definition) is 1. The van der Waals surface area contributed by atoms with Crippen molar-refractivity contribution in [2.75, 3.05) is 0 Å². The van der Waals surface area contributed by atoms with E-state index in [1.165, 1.54) is 19.3 Å². The fraction of sp³-hybridized carbons (Fsp3) is 0.714. The van der Waals surface area contributed by atoms with E-state index in [0.29, 0.717) is 0 Å². The minimum absolute atomic E-state index is 0.730. The zero-order valence-corrected chi connectivity index (χ0v) is 4.93. The summed E-state index contributed by atoms with van der Waals surface area (Å²) in [6, 6.07) is 1.55. The SMILES string of the molecule is C1=C[C@H]2CC[C@H](C1)N2. The fourth-order valence-corrected chi connectivity index (χ4v) is 1.59. The Morgan fingerprint density at radius 3 is 3.12 bits per heavy atom. The molecule has 2 atom stereocenters. The van der Waals surface area contributed by atoms with Crippen LogP contribution in [0.15, 0.2) is 12.2 Å². The summed E-state index contributed by atoms with van der Waals surface area (Å²) in [4.78, 5) is 0. The molecular weight excluding hydrogens is 98.1 g/mol. The van der Waals surface area contributed by atoms with Gasteiger partial charge in [-0.05, 0) is 19.3 Å². The zero-order chi connectivity index (χ0) is 5.40. The van der Waals surface area contributed by atoms with Crippen molar-refractivity contribution in [1.29, 1.82) is 0 Å². The van der Waals surface area contributed by atoms with E-state index in [0.717, 1.165) is 12.1 Å². The van der Waals surface area contributed by atoms with Crippen molar-refractivity contribution in [3.8, 4) is 0 Å². The topological polar surface area (TPSA) is 12.0 Å². The van der Waals surface area contributed by atoms with Crippen molar-refractivity contribution in [3.05, 3.63) is 12.2 Å². The molecule has 0 aromatic carbocycles. The van der Waals surface area contributed by atoms with Crippen LogP contribution in [0, 0.1) is 0 Å². The van der Waals surface area contributed by atoms with Crippen LogP contribution in [-0.2, 0) is 0 Å². The summed E-state index contributed by atoms with van der Waals surface area (Å²) >= 11 is 0. The van der Waals surface area contributed by atoms with Crippen LogP contribution < -0.4 is 5.32 Å². The number of hydrogen-bond donors (Lipinski definition) is 1. The van der Waals surface area contributed by atoms with Gasteiger partial charge in [0.15, 0.2) is 0 Å². The minimum Gasteiger partial charge on any atom is -0.307 e. The molecule has 0 amide bonds. The van der Waals surface area contributed by atoms with E-state index >= 15 is 0 Å². The summed E-state index contributed by atoms with van der Waals surface area (Å²) in [6.45, 7) is 0. The normalized spacial score (nSPS) is 43.0. The molecule has 0 aliphatic carbocycles. The Hall–Kier alpha value is -0.300. The molecule has 2 bridgehead atoms. The van der Waals surface area contributed by atoms with E-state index in [9.17, 15) is 0 Å². The number of nitrogens with one attached hydrogen (secondary N) is 1. The number of fused-ring (bicyclic) bond motifs is 2. The summed E-state index contributed by atoms with van der Waals surface area (Å²) in [5, 5.41) is 3.50. The van der Waals surface area contributed by atoms with E-state index in [4.69, 9.17) is 0 Å². The molecular formula is C7H11N. The maximum Gasteiger partial charge on any atom is 0.0253 e. The van der Waals surface area contributed by atoms with E-state index in [1.54, 1.807) is 0 Å². The molecule has 0 spiro atoms. The summed E-state index contributed by atoms with van der Waals surface area (Å²) in [5.74, 6) is 0. The molecule has 2 rings (SSSR count). The highest BCUT2D eigenvalue weighted by molar-refractivity contribution is 5.06. The summed E-state index contributed by atoms with van der Waals surface area (Å²) in [7, 11) is 0. The van der Waals surface area contributed by atoms with Gasteiger partial charge in [-0.25, -0.2) is 0 Å². The average Bonchev–Trinajstić information content (AvgIpc) is 2.12. The van der Waals surface area contributed by atoms with Crippen molar-refractivity contribution in [2.24, 2.45) is 0 Å². The van der Waals surface area contributed by atoms with Crippen molar-refractivity contribution in [1.82, 2.24) is 5.32 Å². The summed E-state index contributed by atoms with van der Waals surface area (Å²) in [5.41, 5.74) is 0. The zero-order valence-electron chi connectivity index (χ0n) is 4.93. The first kappa shape index (κ1) is 4.57. The number of rotatable bonds is 0. The largest absolute Gasteiger partial charge is 0.307 e. The average molecular weight is 109 g/mol. The third-order valence-corrected chi connectivity index (χ3v) is 2.06. The lowest BCUT2D eigenvalue weighted by Gasteiger charge is -2.13. The van der Waals surface area contributed by atoms with E-state index in [2.05, 4.69) is 17.5 Å². The Labute approximate surface area is 49.8 Å². The first-order valence-corrected chi connectivity index (χ1v) is 3.38. The molecule has 1 fully saturated rings. The predicted octanol–water partition coefficient (Wildman–Crippen LogP) is 1.07. The Morgan fingerprint density at radius 1 is 1.38 bits per heavy atom. The fourth-order valence-electron chi connectivity index (χ4n) is 1.59. The highest BCUT2D eigenvalue weighted by Gasteiger charge is 2.23. The van der Waals surface area contributed by atoms with Gasteiger partial charge in [0, 0.05) is 12.1 Å². The Kier molecular flexibility index (Phi) is 0.908.